The van der Waals surface area contributed by atoms with Gasteiger partial charge in [0.05, 0.1) is 6.04 Å². The SMILES string of the molecule is Cl.NC(C(=O)N1CCCN(C(=O)CC2CCCC2)CC1)C1CCOCC1. The van der Waals surface area contributed by atoms with Crippen molar-refractivity contribution in [3.63, 3.8) is 0 Å². The first-order valence-corrected chi connectivity index (χ1v) is 10.0. The monoisotopic (exact) mass is 387 g/mol. The number of rotatable bonds is 4. The predicted molar refractivity (Wildman–Crippen MR) is 103 cm³/mol. The molecule has 1 unspecified atom stereocenters. The quantitative estimate of drug-likeness (QED) is 0.798. The van der Waals surface area contributed by atoms with Gasteiger partial charge in [0.25, 0.3) is 0 Å². The van der Waals surface area contributed by atoms with E-state index in [0.717, 1.165) is 25.8 Å². The third-order valence-corrected chi connectivity index (χ3v) is 6.16. The van der Waals surface area contributed by atoms with Gasteiger partial charge in [0.2, 0.25) is 11.8 Å². The maximum absolute atomic E-state index is 12.8. The lowest BCUT2D eigenvalue weighted by molar-refractivity contribution is -0.136. The summed E-state index contributed by atoms with van der Waals surface area (Å²) in [6.45, 7) is 4.15. The highest BCUT2D eigenvalue weighted by Crippen LogP contribution is 2.28. The molecule has 0 spiro atoms. The standard InChI is InChI=1S/C19H33N3O3.ClH/c20-18(16-6-12-25-13-7-16)19(24)22-9-3-8-21(10-11-22)17(23)14-15-4-1-2-5-15;/h15-16,18H,1-14,20H2;1H. The maximum Gasteiger partial charge on any atom is 0.239 e. The van der Waals surface area contributed by atoms with Gasteiger partial charge in [-0.1, -0.05) is 12.8 Å². The van der Waals surface area contributed by atoms with Crippen molar-refractivity contribution in [1.82, 2.24) is 9.80 Å². The normalized spacial score (nSPS) is 24.0. The molecule has 3 fully saturated rings. The molecular weight excluding hydrogens is 354 g/mol. The molecular formula is C19H34ClN3O3. The van der Waals surface area contributed by atoms with Crippen molar-refractivity contribution in [1.29, 1.82) is 0 Å². The molecule has 2 amide bonds. The van der Waals surface area contributed by atoms with E-state index in [1.54, 1.807) is 0 Å². The number of hydrogen-bond donors (Lipinski definition) is 1. The maximum atomic E-state index is 12.8. The minimum Gasteiger partial charge on any atom is -0.381 e. The second-order valence-corrected chi connectivity index (χ2v) is 7.89. The molecule has 0 aromatic heterocycles. The number of nitrogens with zero attached hydrogens (tertiary/aromatic N) is 2. The number of amides is 2. The first kappa shape index (κ1) is 21.5. The zero-order valence-electron chi connectivity index (χ0n) is 15.7. The van der Waals surface area contributed by atoms with E-state index in [9.17, 15) is 9.59 Å². The Bertz CT molecular complexity index is 465. The Morgan fingerprint density at radius 2 is 1.54 bits per heavy atom. The van der Waals surface area contributed by atoms with Crippen molar-refractivity contribution in [2.75, 3.05) is 39.4 Å². The topological polar surface area (TPSA) is 75.9 Å². The van der Waals surface area contributed by atoms with Gasteiger partial charge in [0.1, 0.15) is 0 Å². The fourth-order valence-corrected chi connectivity index (χ4v) is 4.47. The van der Waals surface area contributed by atoms with Gasteiger partial charge < -0.3 is 20.3 Å². The van der Waals surface area contributed by atoms with Crippen LogP contribution in [-0.4, -0.2) is 67.0 Å². The number of carbonyl (C=O) groups excluding carboxylic acids is 2. The number of ether oxygens (including phenoxy) is 1. The summed E-state index contributed by atoms with van der Waals surface area (Å²) in [5.41, 5.74) is 6.25. The average molecular weight is 388 g/mol. The fraction of sp³-hybridized carbons (Fsp3) is 0.895. The van der Waals surface area contributed by atoms with Crippen molar-refractivity contribution in [3.8, 4) is 0 Å². The van der Waals surface area contributed by atoms with Crippen LogP contribution in [0.1, 0.15) is 51.4 Å². The van der Waals surface area contributed by atoms with E-state index in [2.05, 4.69) is 0 Å². The molecule has 0 bridgehead atoms. The molecule has 0 aromatic rings. The smallest absolute Gasteiger partial charge is 0.239 e. The van der Waals surface area contributed by atoms with Gasteiger partial charge in [-0.05, 0) is 43.9 Å². The molecule has 1 atom stereocenters. The highest BCUT2D eigenvalue weighted by atomic mass is 35.5. The molecule has 1 aliphatic carbocycles. The summed E-state index contributed by atoms with van der Waals surface area (Å²) in [4.78, 5) is 29.2. The van der Waals surface area contributed by atoms with Gasteiger partial charge in [-0.2, -0.15) is 0 Å². The van der Waals surface area contributed by atoms with Crippen LogP contribution in [0.2, 0.25) is 0 Å². The summed E-state index contributed by atoms with van der Waals surface area (Å²) in [6, 6.07) is -0.426. The van der Waals surface area contributed by atoms with Crippen LogP contribution in [0.3, 0.4) is 0 Å². The molecule has 26 heavy (non-hydrogen) atoms. The van der Waals surface area contributed by atoms with Crippen molar-refractivity contribution < 1.29 is 14.3 Å². The average Bonchev–Trinajstić information content (AvgIpc) is 3.02. The van der Waals surface area contributed by atoms with Crippen molar-refractivity contribution in [2.45, 2.75) is 57.4 Å². The molecule has 150 valence electrons. The lowest BCUT2D eigenvalue weighted by Crippen LogP contribution is -2.50. The molecule has 2 saturated heterocycles. The zero-order valence-corrected chi connectivity index (χ0v) is 16.6. The Labute approximate surface area is 163 Å². The number of nitrogens with two attached hydrogens (primary N) is 1. The Balaban J connectivity index is 0.00000243. The molecule has 0 radical (unpaired) electrons. The Kier molecular flexibility index (Phi) is 8.64. The van der Waals surface area contributed by atoms with Crippen LogP contribution in [0.25, 0.3) is 0 Å². The van der Waals surface area contributed by atoms with Crippen LogP contribution < -0.4 is 5.73 Å². The van der Waals surface area contributed by atoms with E-state index in [1.807, 2.05) is 9.80 Å². The molecule has 0 aromatic carbocycles. The van der Waals surface area contributed by atoms with Crippen LogP contribution >= 0.6 is 12.4 Å². The van der Waals surface area contributed by atoms with E-state index in [0.29, 0.717) is 45.2 Å². The molecule has 2 aliphatic heterocycles. The Morgan fingerprint density at radius 1 is 0.923 bits per heavy atom. The van der Waals surface area contributed by atoms with Crippen molar-refractivity contribution in [3.05, 3.63) is 0 Å². The van der Waals surface area contributed by atoms with E-state index in [-0.39, 0.29) is 30.1 Å². The van der Waals surface area contributed by atoms with Gasteiger partial charge in [0, 0.05) is 45.8 Å². The predicted octanol–water partition coefficient (Wildman–Crippen LogP) is 1.80. The van der Waals surface area contributed by atoms with Crippen LogP contribution in [0.15, 0.2) is 0 Å². The Hall–Kier alpha value is -0.850. The van der Waals surface area contributed by atoms with Gasteiger partial charge in [-0.25, -0.2) is 0 Å². The Morgan fingerprint density at radius 3 is 2.23 bits per heavy atom. The molecule has 6 nitrogen and oxygen atoms in total. The molecule has 7 heteroatoms. The third kappa shape index (κ3) is 5.57. The second kappa shape index (κ2) is 10.5. The van der Waals surface area contributed by atoms with Crippen LogP contribution in [0.4, 0.5) is 0 Å². The van der Waals surface area contributed by atoms with Crippen molar-refractivity contribution in [2.24, 2.45) is 17.6 Å². The third-order valence-electron chi connectivity index (χ3n) is 6.16. The largest absolute Gasteiger partial charge is 0.381 e. The first-order chi connectivity index (χ1) is 12.1. The lowest BCUT2D eigenvalue weighted by atomic mass is 9.91. The number of halogens is 1. The van der Waals surface area contributed by atoms with Gasteiger partial charge >= 0.3 is 0 Å². The van der Waals surface area contributed by atoms with Crippen molar-refractivity contribution >= 4 is 24.2 Å². The highest BCUT2D eigenvalue weighted by Gasteiger charge is 2.31. The first-order valence-electron chi connectivity index (χ1n) is 10.0. The molecule has 1 saturated carbocycles. The lowest BCUT2D eigenvalue weighted by Gasteiger charge is -2.31. The van der Waals surface area contributed by atoms with Crippen LogP contribution in [0.5, 0.6) is 0 Å². The summed E-state index contributed by atoms with van der Waals surface area (Å²) < 4.78 is 5.37. The summed E-state index contributed by atoms with van der Waals surface area (Å²) in [7, 11) is 0. The highest BCUT2D eigenvalue weighted by molar-refractivity contribution is 5.85. The molecule has 2 heterocycles. The molecule has 3 aliphatic rings. The minimum absolute atomic E-state index is 0. The number of hydrogen-bond acceptors (Lipinski definition) is 4. The van der Waals surface area contributed by atoms with E-state index in [4.69, 9.17) is 10.5 Å². The van der Waals surface area contributed by atoms with E-state index < -0.39 is 6.04 Å². The summed E-state index contributed by atoms with van der Waals surface area (Å²) in [5.74, 6) is 1.13. The molecule has 3 rings (SSSR count). The van der Waals surface area contributed by atoms with E-state index in [1.165, 1.54) is 25.7 Å². The van der Waals surface area contributed by atoms with Gasteiger partial charge in [-0.15, -0.1) is 12.4 Å². The number of carbonyl (C=O) groups is 2. The van der Waals surface area contributed by atoms with Gasteiger partial charge in [-0.3, -0.25) is 9.59 Å². The van der Waals surface area contributed by atoms with Gasteiger partial charge in [0.15, 0.2) is 0 Å². The summed E-state index contributed by atoms with van der Waals surface area (Å²) in [6.07, 6.45) is 8.21. The second-order valence-electron chi connectivity index (χ2n) is 7.89. The zero-order chi connectivity index (χ0) is 17.6. The van der Waals surface area contributed by atoms with Crippen LogP contribution in [0, 0.1) is 11.8 Å². The summed E-state index contributed by atoms with van der Waals surface area (Å²) in [5, 5.41) is 0. The van der Waals surface area contributed by atoms with Crippen LogP contribution in [-0.2, 0) is 14.3 Å². The minimum atomic E-state index is -0.426. The summed E-state index contributed by atoms with van der Waals surface area (Å²) >= 11 is 0. The fourth-order valence-electron chi connectivity index (χ4n) is 4.47. The van der Waals surface area contributed by atoms with E-state index >= 15 is 0 Å². The molecule has 2 N–H and O–H groups in total.